The summed E-state index contributed by atoms with van der Waals surface area (Å²) in [6.45, 7) is 22.9. The maximum atomic E-state index is 4.29. The first-order chi connectivity index (χ1) is 40.8. The van der Waals surface area contributed by atoms with Crippen LogP contribution in [0.5, 0.6) is 0 Å². The van der Waals surface area contributed by atoms with Gasteiger partial charge in [0.15, 0.2) is 0 Å². The van der Waals surface area contributed by atoms with Crippen LogP contribution in [0.15, 0.2) is 298 Å². The zero-order valence-electron chi connectivity index (χ0n) is 50.6. The quantitative estimate of drug-likeness (QED) is 0.152. The fraction of sp³-hybridized carbons (Fsp3) is 0.122. The van der Waals surface area contributed by atoms with Gasteiger partial charge in [0.05, 0.1) is 0 Å². The third-order valence-corrected chi connectivity index (χ3v) is 14.3. The number of nitrogens with zero attached hydrogens (tertiary/aromatic N) is 2. The second kappa shape index (κ2) is 32.6. The standard InChI is InChI=1S/C33H29N.C20H19N.C8H8.3C7H8/c1-23-6-13-28(14-7-23)29-16-11-26(12-17-29)19-27-10-8-24(2)32(20-27)33-21-30(15-9-25(33)3)31-5-4-18-34-22-31;1-14-6-7-15(2)19(11-14)20-12-17(9-8-16(20)3)18-5-4-10-21-13-18;1-2-8-6-4-3-5-7-8;3*1-7-5-3-2-4-6-7/h4-18,20-22H,19H2,1-3H3;4-13H,1-3H3;2-7H,1H2;3*2-6H,1H3. The van der Waals surface area contributed by atoms with E-state index in [1.165, 1.54) is 111 Å². The second-order valence-electron chi connectivity index (χ2n) is 21.3. The molecule has 2 heteroatoms. The minimum absolute atomic E-state index is 0.919. The molecule has 10 aromatic carbocycles. The van der Waals surface area contributed by atoms with Crippen LogP contribution in [0, 0.1) is 62.3 Å². The molecule has 2 aromatic heterocycles. The minimum Gasteiger partial charge on any atom is -0.264 e. The van der Waals surface area contributed by atoms with Crippen LogP contribution < -0.4 is 0 Å². The van der Waals surface area contributed by atoms with Gasteiger partial charge in [-0.15, -0.1) is 0 Å². The molecule has 0 spiro atoms. The van der Waals surface area contributed by atoms with Crippen molar-refractivity contribution in [1.82, 2.24) is 9.97 Å². The number of hydrogen-bond acceptors (Lipinski definition) is 2. The van der Waals surface area contributed by atoms with E-state index in [1.54, 1.807) is 0 Å². The van der Waals surface area contributed by atoms with E-state index in [9.17, 15) is 0 Å². The Kier molecular flexibility index (Phi) is 24.0. The summed E-state index contributed by atoms with van der Waals surface area (Å²) in [6.07, 6.45) is 10.2. The first-order valence-electron chi connectivity index (χ1n) is 28.9. The predicted octanol–water partition coefficient (Wildman–Crippen LogP) is 22.3. The molecule has 0 amide bonds. The molecule has 12 aromatic rings. The van der Waals surface area contributed by atoms with Gasteiger partial charge in [-0.2, -0.15) is 0 Å². The number of hydrogen-bond donors (Lipinski definition) is 0. The lowest BCUT2D eigenvalue weighted by molar-refractivity contribution is 1.19. The summed E-state index contributed by atoms with van der Waals surface area (Å²) in [5.74, 6) is 0. The average molecular weight is 1090 g/mol. The Hall–Kier alpha value is -9.76. The van der Waals surface area contributed by atoms with Crippen molar-refractivity contribution in [3.63, 3.8) is 0 Å². The molecule has 0 unspecified atom stereocenters. The summed E-state index contributed by atoms with van der Waals surface area (Å²) in [7, 11) is 0. The van der Waals surface area contributed by atoms with Crippen molar-refractivity contribution in [2.45, 2.75) is 68.7 Å². The molecule has 0 bridgehead atoms. The van der Waals surface area contributed by atoms with E-state index in [1.807, 2.05) is 128 Å². The fourth-order valence-electron chi connectivity index (χ4n) is 9.33. The molecule has 0 atom stereocenters. The Morgan fingerprint density at radius 3 is 0.988 bits per heavy atom. The van der Waals surface area contributed by atoms with Crippen LogP contribution in [0.25, 0.3) is 61.7 Å². The molecule has 84 heavy (non-hydrogen) atoms. The van der Waals surface area contributed by atoms with E-state index >= 15 is 0 Å². The van der Waals surface area contributed by atoms with Gasteiger partial charge in [-0.05, 0) is 176 Å². The summed E-state index contributed by atoms with van der Waals surface area (Å²) in [5.41, 5.74) is 28.0. The molecule has 2 nitrogen and oxygen atoms in total. The van der Waals surface area contributed by atoms with Gasteiger partial charge < -0.3 is 0 Å². The van der Waals surface area contributed by atoms with Gasteiger partial charge in [0.1, 0.15) is 0 Å². The van der Waals surface area contributed by atoms with E-state index in [0.717, 1.165) is 17.5 Å². The number of aryl methyl sites for hydroxylation is 9. The highest BCUT2D eigenvalue weighted by Crippen LogP contribution is 2.34. The molecule has 0 fully saturated rings. The lowest BCUT2D eigenvalue weighted by Crippen LogP contribution is -1.93. The van der Waals surface area contributed by atoms with Gasteiger partial charge in [0.25, 0.3) is 0 Å². The predicted molar refractivity (Wildman–Crippen MR) is 363 cm³/mol. The third kappa shape index (κ3) is 19.8. The van der Waals surface area contributed by atoms with Crippen molar-refractivity contribution in [3.8, 4) is 55.6 Å². The second-order valence-corrected chi connectivity index (χ2v) is 21.3. The van der Waals surface area contributed by atoms with E-state index in [4.69, 9.17) is 0 Å². The summed E-state index contributed by atoms with van der Waals surface area (Å²) in [4.78, 5) is 8.51. The number of benzene rings is 10. The maximum Gasteiger partial charge on any atom is 0.0346 e. The minimum atomic E-state index is 0.919. The molecule has 418 valence electrons. The summed E-state index contributed by atoms with van der Waals surface area (Å²) in [5, 5.41) is 0. The van der Waals surface area contributed by atoms with Gasteiger partial charge in [-0.3, -0.25) is 9.97 Å². The van der Waals surface area contributed by atoms with Crippen LogP contribution in [-0.2, 0) is 6.42 Å². The Morgan fingerprint density at radius 1 is 0.274 bits per heavy atom. The maximum absolute atomic E-state index is 4.29. The molecule has 0 aliphatic heterocycles. The van der Waals surface area contributed by atoms with Gasteiger partial charge in [0.2, 0.25) is 0 Å². The van der Waals surface area contributed by atoms with Gasteiger partial charge in [-0.1, -0.05) is 283 Å². The van der Waals surface area contributed by atoms with Crippen LogP contribution in [0.2, 0.25) is 0 Å². The number of rotatable bonds is 8. The topological polar surface area (TPSA) is 25.8 Å². The molecule has 0 radical (unpaired) electrons. The highest BCUT2D eigenvalue weighted by molar-refractivity contribution is 5.79. The molecule has 0 saturated heterocycles. The van der Waals surface area contributed by atoms with Crippen molar-refractivity contribution >= 4 is 6.08 Å². The molecule has 0 saturated carbocycles. The van der Waals surface area contributed by atoms with Crippen LogP contribution in [-0.4, -0.2) is 9.97 Å². The van der Waals surface area contributed by atoms with E-state index in [0.29, 0.717) is 0 Å². The third-order valence-electron chi connectivity index (χ3n) is 14.3. The molecular formula is C82H80N2. The summed E-state index contributed by atoms with van der Waals surface area (Å²) < 4.78 is 0. The Morgan fingerprint density at radius 2 is 0.607 bits per heavy atom. The van der Waals surface area contributed by atoms with Crippen molar-refractivity contribution < 1.29 is 0 Å². The van der Waals surface area contributed by atoms with Crippen molar-refractivity contribution in [2.24, 2.45) is 0 Å². The largest absolute Gasteiger partial charge is 0.264 e. The molecule has 2 heterocycles. The molecule has 0 N–H and O–H groups in total. The van der Waals surface area contributed by atoms with E-state index in [2.05, 4.69) is 249 Å². The lowest BCUT2D eigenvalue weighted by atomic mass is 9.91. The van der Waals surface area contributed by atoms with Crippen molar-refractivity contribution in [3.05, 3.63) is 365 Å². The van der Waals surface area contributed by atoms with Gasteiger partial charge in [0, 0.05) is 35.9 Å². The molecule has 0 aliphatic rings. The zero-order valence-corrected chi connectivity index (χ0v) is 50.6. The molecular weight excluding hydrogens is 1010 g/mol. The lowest BCUT2D eigenvalue weighted by Gasteiger charge is -2.14. The van der Waals surface area contributed by atoms with Crippen LogP contribution in [0.1, 0.15) is 66.8 Å². The SMILES string of the molecule is C=Cc1ccccc1.Cc1ccc(-c2ccc(Cc3ccc(C)c(-c4cc(-c5cccnc5)ccc4C)c3)cc2)cc1.Cc1ccc(C)c(-c2cc(-c3cccnc3)ccc2C)c1.Cc1ccccc1.Cc1ccccc1.Cc1ccccc1. The van der Waals surface area contributed by atoms with E-state index < -0.39 is 0 Å². The van der Waals surface area contributed by atoms with Crippen molar-refractivity contribution in [1.29, 1.82) is 0 Å². The monoisotopic (exact) mass is 1090 g/mol. The summed E-state index contributed by atoms with van der Waals surface area (Å²) in [6, 6.07) is 93.5. The smallest absolute Gasteiger partial charge is 0.0346 e. The zero-order chi connectivity index (χ0) is 59.5. The highest BCUT2D eigenvalue weighted by Gasteiger charge is 2.11. The van der Waals surface area contributed by atoms with Gasteiger partial charge in [-0.25, -0.2) is 0 Å². The van der Waals surface area contributed by atoms with Crippen LogP contribution in [0.3, 0.4) is 0 Å². The fourth-order valence-corrected chi connectivity index (χ4v) is 9.33. The first kappa shape index (κ1) is 61.9. The Bertz CT molecular complexity index is 3770. The Labute approximate surface area is 502 Å². The normalized spacial score (nSPS) is 10.1. The summed E-state index contributed by atoms with van der Waals surface area (Å²) >= 11 is 0. The molecule has 12 rings (SSSR count). The average Bonchev–Trinajstić information content (AvgIpc) is 3.40. The van der Waals surface area contributed by atoms with Crippen molar-refractivity contribution in [2.75, 3.05) is 0 Å². The molecule has 0 aliphatic carbocycles. The number of pyridine rings is 2. The number of aromatic nitrogens is 2. The van der Waals surface area contributed by atoms with Crippen LogP contribution >= 0.6 is 0 Å². The highest BCUT2D eigenvalue weighted by atomic mass is 14.6. The first-order valence-corrected chi connectivity index (χ1v) is 28.9. The van der Waals surface area contributed by atoms with E-state index in [-0.39, 0.29) is 0 Å². The van der Waals surface area contributed by atoms with Gasteiger partial charge >= 0.3 is 0 Å². The Balaban J connectivity index is 0.000000169. The van der Waals surface area contributed by atoms with Crippen LogP contribution in [0.4, 0.5) is 0 Å².